The highest BCUT2D eigenvalue weighted by Crippen LogP contribution is 2.08. The van der Waals surface area contributed by atoms with Crippen LogP contribution in [0.15, 0.2) is 30.5 Å². The van der Waals surface area contributed by atoms with Crippen molar-refractivity contribution >= 4 is 21.8 Å². The number of hydrogen-bond donors (Lipinski definition) is 2. The first-order chi connectivity index (χ1) is 8.70. The monoisotopic (exact) mass is 307 g/mol. The van der Waals surface area contributed by atoms with E-state index in [0.717, 1.165) is 22.2 Å². The number of benzene rings is 1. The van der Waals surface area contributed by atoms with E-state index in [2.05, 4.69) is 31.4 Å². The number of alkyl halides is 1. The fourth-order valence-electron chi connectivity index (χ4n) is 1.58. The first-order valence-electron chi connectivity index (χ1n) is 5.62. The zero-order valence-electron chi connectivity index (χ0n) is 10.0. The van der Waals surface area contributed by atoms with Gasteiger partial charge in [-0.15, -0.1) is 0 Å². The van der Waals surface area contributed by atoms with Gasteiger partial charge < -0.3 is 5.32 Å². The highest BCUT2D eigenvalue weighted by molar-refractivity contribution is 9.08. The van der Waals surface area contributed by atoms with Crippen molar-refractivity contribution in [3.63, 3.8) is 0 Å². The number of aromatic nitrogens is 2. The van der Waals surface area contributed by atoms with Crippen LogP contribution in [0.25, 0.3) is 0 Å². The molecular weight excluding hydrogens is 294 g/mol. The van der Waals surface area contributed by atoms with Crippen LogP contribution in [0.5, 0.6) is 0 Å². The second-order valence-electron chi connectivity index (χ2n) is 4.03. The highest BCUT2D eigenvalue weighted by atomic mass is 79.9. The Bertz CT molecular complexity index is 533. The van der Waals surface area contributed by atoms with E-state index >= 15 is 0 Å². The smallest absolute Gasteiger partial charge is 0.251 e. The predicted molar refractivity (Wildman–Crippen MR) is 73.6 cm³/mol. The lowest BCUT2D eigenvalue weighted by molar-refractivity contribution is 0.0951. The minimum Gasteiger partial charge on any atom is -0.348 e. The number of aromatic amines is 1. The molecule has 94 valence electrons. The second kappa shape index (κ2) is 5.82. The van der Waals surface area contributed by atoms with E-state index in [9.17, 15) is 4.79 Å². The van der Waals surface area contributed by atoms with Crippen molar-refractivity contribution in [3.05, 3.63) is 52.8 Å². The molecule has 0 saturated carbocycles. The molecule has 2 rings (SSSR count). The Balaban J connectivity index is 1.97. The maximum atomic E-state index is 11.9. The molecule has 0 atom stereocenters. The van der Waals surface area contributed by atoms with Gasteiger partial charge in [-0.2, -0.15) is 5.10 Å². The summed E-state index contributed by atoms with van der Waals surface area (Å²) in [4.78, 5) is 11.9. The van der Waals surface area contributed by atoms with E-state index in [1.54, 1.807) is 6.20 Å². The Morgan fingerprint density at radius 2 is 2.11 bits per heavy atom. The fourth-order valence-corrected chi connectivity index (χ4v) is 1.95. The molecule has 18 heavy (non-hydrogen) atoms. The van der Waals surface area contributed by atoms with Crippen molar-refractivity contribution in [2.24, 2.45) is 0 Å². The van der Waals surface area contributed by atoms with Gasteiger partial charge in [0, 0.05) is 28.7 Å². The lowest BCUT2D eigenvalue weighted by atomic mass is 10.1. The van der Waals surface area contributed by atoms with Gasteiger partial charge in [-0.3, -0.25) is 9.89 Å². The molecule has 2 N–H and O–H groups in total. The summed E-state index contributed by atoms with van der Waals surface area (Å²) in [6, 6.07) is 7.53. The van der Waals surface area contributed by atoms with E-state index in [-0.39, 0.29) is 5.91 Å². The number of hydrogen-bond acceptors (Lipinski definition) is 2. The Labute approximate surface area is 114 Å². The molecule has 1 aromatic carbocycles. The number of halogens is 1. The van der Waals surface area contributed by atoms with Crippen LogP contribution in [0.4, 0.5) is 0 Å². The molecule has 0 aliphatic carbocycles. The van der Waals surface area contributed by atoms with E-state index < -0.39 is 0 Å². The second-order valence-corrected chi connectivity index (χ2v) is 4.59. The van der Waals surface area contributed by atoms with Crippen molar-refractivity contribution in [2.75, 3.05) is 0 Å². The molecule has 0 fully saturated rings. The molecule has 0 radical (unpaired) electrons. The Kier molecular flexibility index (Phi) is 4.15. The highest BCUT2D eigenvalue weighted by Gasteiger charge is 2.06. The van der Waals surface area contributed by atoms with Crippen LogP contribution in [-0.2, 0) is 11.9 Å². The maximum absolute atomic E-state index is 11.9. The van der Waals surface area contributed by atoms with Crippen LogP contribution < -0.4 is 5.32 Å². The van der Waals surface area contributed by atoms with E-state index in [4.69, 9.17) is 0 Å². The standard InChI is InChI=1S/C13H14BrN3O/c1-9-12(8-16-17-9)7-15-13(18)11-4-2-10(6-14)3-5-11/h2-5,8H,6-7H2,1H3,(H,15,18)(H,16,17). The molecule has 1 amide bonds. The van der Waals surface area contributed by atoms with E-state index in [1.807, 2.05) is 31.2 Å². The van der Waals surface area contributed by atoms with Crippen molar-refractivity contribution in [1.82, 2.24) is 15.5 Å². The van der Waals surface area contributed by atoms with Gasteiger partial charge in [0.1, 0.15) is 0 Å². The Morgan fingerprint density at radius 1 is 1.39 bits per heavy atom. The molecule has 1 heterocycles. The van der Waals surface area contributed by atoms with Gasteiger partial charge >= 0.3 is 0 Å². The molecule has 5 heteroatoms. The average Bonchev–Trinajstić information content (AvgIpc) is 2.81. The van der Waals surface area contributed by atoms with Gasteiger partial charge in [-0.25, -0.2) is 0 Å². The van der Waals surface area contributed by atoms with Crippen molar-refractivity contribution in [1.29, 1.82) is 0 Å². The van der Waals surface area contributed by atoms with Crippen molar-refractivity contribution < 1.29 is 4.79 Å². The summed E-state index contributed by atoms with van der Waals surface area (Å²) in [5, 5.41) is 10.4. The molecule has 0 unspecified atom stereocenters. The number of carbonyl (C=O) groups is 1. The van der Waals surface area contributed by atoms with Gasteiger partial charge in [0.05, 0.1) is 6.20 Å². The van der Waals surface area contributed by atoms with Crippen LogP contribution in [0.3, 0.4) is 0 Å². The summed E-state index contributed by atoms with van der Waals surface area (Å²) >= 11 is 3.37. The SMILES string of the molecule is Cc1[nH]ncc1CNC(=O)c1ccc(CBr)cc1. The number of nitrogens with one attached hydrogen (secondary N) is 2. The van der Waals surface area contributed by atoms with Gasteiger partial charge in [0.15, 0.2) is 0 Å². The number of rotatable bonds is 4. The number of nitrogens with zero attached hydrogens (tertiary/aromatic N) is 1. The first-order valence-corrected chi connectivity index (χ1v) is 6.75. The third kappa shape index (κ3) is 2.98. The van der Waals surface area contributed by atoms with Gasteiger partial charge in [0.25, 0.3) is 5.91 Å². The Hall–Kier alpha value is -1.62. The van der Waals surface area contributed by atoms with Gasteiger partial charge in [-0.1, -0.05) is 28.1 Å². The van der Waals surface area contributed by atoms with Crippen LogP contribution >= 0.6 is 15.9 Å². The molecular formula is C13H14BrN3O. The zero-order valence-corrected chi connectivity index (χ0v) is 11.6. The topological polar surface area (TPSA) is 57.8 Å². The first kappa shape index (κ1) is 12.8. The van der Waals surface area contributed by atoms with Gasteiger partial charge in [-0.05, 0) is 24.6 Å². The van der Waals surface area contributed by atoms with Crippen molar-refractivity contribution in [3.8, 4) is 0 Å². The third-order valence-corrected chi connectivity index (χ3v) is 3.39. The number of H-pyrrole nitrogens is 1. The minimum atomic E-state index is -0.0725. The lowest BCUT2D eigenvalue weighted by Crippen LogP contribution is -2.22. The quantitative estimate of drug-likeness (QED) is 0.853. The molecule has 2 aromatic rings. The molecule has 0 aliphatic heterocycles. The summed E-state index contributed by atoms with van der Waals surface area (Å²) in [6.45, 7) is 2.42. The number of aryl methyl sites for hydroxylation is 1. The summed E-state index contributed by atoms with van der Waals surface area (Å²) in [5.41, 5.74) is 3.79. The van der Waals surface area contributed by atoms with Gasteiger partial charge in [0.2, 0.25) is 0 Å². The molecule has 0 bridgehead atoms. The zero-order chi connectivity index (χ0) is 13.0. The normalized spacial score (nSPS) is 10.3. The molecule has 0 saturated heterocycles. The molecule has 0 aliphatic rings. The summed E-state index contributed by atoms with van der Waals surface area (Å²) in [7, 11) is 0. The Morgan fingerprint density at radius 3 is 2.67 bits per heavy atom. The largest absolute Gasteiger partial charge is 0.348 e. The lowest BCUT2D eigenvalue weighted by Gasteiger charge is -2.05. The van der Waals surface area contributed by atoms with Crippen LogP contribution in [0.2, 0.25) is 0 Å². The third-order valence-electron chi connectivity index (χ3n) is 2.74. The van der Waals surface area contributed by atoms with E-state index in [1.165, 1.54) is 0 Å². The van der Waals surface area contributed by atoms with Crippen LogP contribution in [-0.4, -0.2) is 16.1 Å². The maximum Gasteiger partial charge on any atom is 0.251 e. The summed E-state index contributed by atoms with van der Waals surface area (Å²) in [6.07, 6.45) is 1.73. The minimum absolute atomic E-state index is 0.0725. The molecule has 4 nitrogen and oxygen atoms in total. The predicted octanol–water partition coefficient (Wildman–Crippen LogP) is 2.54. The van der Waals surface area contributed by atoms with E-state index in [0.29, 0.717) is 12.1 Å². The average molecular weight is 308 g/mol. The molecule has 1 aromatic heterocycles. The fraction of sp³-hybridized carbons (Fsp3) is 0.231. The number of carbonyl (C=O) groups excluding carboxylic acids is 1. The van der Waals surface area contributed by atoms with Crippen LogP contribution in [0, 0.1) is 6.92 Å². The summed E-state index contributed by atoms with van der Waals surface area (Å²) in [5.74, 6) is -0.0725. The number of amides is 1. The summed E-state index contributed by atoms with van der Waals surface area (Å²) < 4.78 is 0. The van der Waals surface area contributed by atoms with Crippen LogP contribution in [0.1, 0.15) is 27.2 Å². The molecule has 0 spiro atoms. The van der Waals surface area contributed by atoms with Crippen molar-refractivity contribution in [2.45, 2.75) is 18.8 Å².